The van der Waals surface area contributed by atoms with Crippen LogP contribution in [-0.2, 0) is 14.3 Å². The van der Waals surface area contributed by atoms with Crippen LogP contribution >= 0.6 is 12.4 Å². The quantitative estimate of drug-likeness (QED) is 0.711. The van der Waals surface area contributed by atoms with Crippen molar-refractivity contribution in [3.05, 3.63) is 35.4 Å². The van der Waals surface area contributed by atoms with E-state index in [9.17, 15) is 9.59 Å². The zero-order valence-electron chi connectivity index (χ0n) is 14.0. The first kappa shape index (κ1) is 21.4. The number of hydrogen-bond donors (Lipinski definition) is 2. The molecule has 0 spiro atoms. The van der Waals surface area contributed by atoms with Gasteiger partial charge in [0.05, 0.1) is 25.1 Å². The van der Waals surface area contributed by atoms with E-state index in [1.165, 1.54) is 0 Å². The summed E-state index contributed by atoms with van der Waals surface area (Å²) in [5.41, 5.74) is 7.78. The van der Waals surface area contributed by atoms with Crippen LogP contribution in [0.3, 0.4) is 0 Å². The second-order valence-electron chi connectivity index (χ2n) is 5.32. The van der Waals surface area contributed by atoms with Crippen LogP contribution in [0.4, 0.5) is 0 Å². The lowest BCUT2D eigenvalue weighted by Gasteiger charge is -2.22. The van der Waals surface area contributed by atoms with Crippen molar-refractivity contribution in [2.24, 2.45) is 5.73 Å². The molecule has 23 heavy (non-hydrogen) atoms. The van der Waals surface area contributed by atoms with E-state index in [0.29, 0.717) is 13.0 Å². The molecule has 0 radical (unpaired) electrons. The van der Waals surface area contributed by atoms with Gasteiger partial charge in [0, 0.05) is 0 Å². The summed E-state index contributed by atoms with van der Waals surface area (Å²) in [4.78, 5) is 24.0. The zero-order chi connectivity index (χ0) is 16.5. The zero-order valence-corrected chi connectivity index (χ0v) is 14.8. The highest BCUT2D eigenvalue weighted by molar-refractivity contribution is 5.85. The number of ether oxygens (including phenoxy) is 1. The first-order chi connectivity index (χ1) is 10.5. The van der Waals surface area contributed by atoms with Crippen LogP contribution in [-0.4, -0.2) is 24.5 Å². The minimum Gasteiger partial charge on any atom is -0.466 e. The summed E-state index contributed by atoms with van der Waals surface area (Å²) in [6.07, 6.45) is 1.55. The maximum Gasteiger partial charge on any atom is 0.308 e. The van der Waals surface area contributed by atoms with Crippen molar-refractivity contribution in [1.82, 2.24) is 5.32 Å². The molecule has 0 saturated carbocycles. The SMILES string of the molecule is CCCC(N)C(=O)NC(CC(=O)OCC)c1ccccc1C.Cl. The third-order valence-corrected chi connectivity index (χ3v) is 3.49. The van der Waals surface area contributed by atoms with Crippen LogP contribution in [0.15, 0.2) is 24.3 Å². The lowest BCUT2D eigenvalue weighted by Crippen LogP contribution is -2.42. The molecule has 1 aromatic rings. The number of carbonyl (C=O) groups excluding carboxylic acids is 2. The molecule has 5 nitrogen and oxygen atoms in total. The fourth-order valence-corrected chi connectivity index (χ4v) is 2.32. The summed E-state index contributed by atoms with van der Waals surface area (Å²) in [6, 6.07) is 6.69. The smallest absolute Gasteiger partial charge is 0.308 e. The van der Waals surface area contributed by atoms with Gasteiger partial charge in [-0.1, -0.05) is 37.6 Å². The predicted octanol–water partition coefficient (Wildman–Crippen LogP) is 2.65. The predicted molar refractivity (Wildman–Crippen MR) is 93.4 cm³/mol. The molecule has 1 aromatic carbocycles. The first-order valence-corrected chi connectivity index (χ1v) is 7.76. The Kier molecular flexibility index (Phi) is 10.3. The van der Waals surface area contributed by atoms with E-state index >= 15 is 0 Å². The molecular formula is C17H27ClN2O3. The van der Waals surface area contributed by atoms with Crippen molar-refractivity contribution in [3.8, 4) is 0 Å². The minimum absolute atomic E-state index is 0. The summed E-state index contributed by atoms with van der Waals surface area (Å²) < 4.78 is 5.00. The molecule has 0 fully saturated rings. The highest BCUT2D eigenvalue weighted by atomic mass is 35.5. The van der Waals surface area contributed by atoms with Crippen LogP contribution in [0.2, 0.25) is 0 Å². The van der Waals surface area contributed by atoms with Gasteiger partial charge in [-0.3, -0.25) is 9.59 Å². The molecule has 1 amide bonds. The Bertz CT molecular complexity index is 508. The number of aryl methyl sites for hydroxylation is 1. The van der Waals surface area contributed by atoms with Crippen molar-refractivity contribution < 1.29 is 14.3 Å². The van der Waals surface area contributed by atoms with E-state index in [1.54, 1.807) is 6.92 Å². The molecule has 0 saturated heterocycles. The lowest BCUT2D eigenvalue weighted by molar-refractivity contribution is -0.143. The van der Waals surface area contributed by atoms with Crippen molar-refractivity contribution in [2.75, 3.05) is 6.61 Å². The van der Waals surface area contributed by atoms with E-state index < -0.39 is 12.1 Å². The second kappa shape index (κ2) is 11.0. The Morgan fingerprint density at radius 2 is 1.91 bits per heavy atom. The topological polar surface area (TPSA) is 81.4 Å². The molecule has 0 aliphatic carbocycles. The van der Waals surface area contributed by atoms with E-state index in [-0.39, 0.29) is 30.7 Å². The molecule has 2 unspecified atom stereocenters. The van der Waals surface area contributed by atoms with E-state index in [4.69, 9.17) is 10.5 Å². The first-order valence-electron chi connectivity index (χ1n) is 7.76. The van der Waals surface area contributed by atoms with Gasteiger partial charge < -0.3 is 15.8 Å². The van der Waals surface area contributed by atoms with Crippen molar-refractivity contribution in [1.29, 1.82) is 0 Å². The molecule has 2 atom stereocenters. The number of nitrogens with two attached hydrogens (primary N) is 1. The number of nitrogens with one attached hydrogen (secondary N) is 1. The van der Waals surface area contributed by atoms with Crippen molar-refractivity contribution >= 4 is 24.3 Å². The number of amides is 1. The Balaban J connectivity index is 0.00000484. The summed E-state index contributed by atoms with van der Waals surface area (Å²) in [5, 5.41) is 2.88. The van der Waals surface area contributed by atoms with Gasteiger partial charge in [-0.25, -0.2) is 0 Å². The number of halogens is 1. The fraction of sp³-hybridized carbons (Fsp3) is 0.529. The second-order valence-corrected chi connectivity index (χ2v) is 5.32. The monoisotopic (exact) mass is 342 g/mol. The maximum atomic E-state index is 12.2. The van der Waals surface area contributed by atoms with Crippen molar-refractivity contribution in [3.63, 3.8) is 0 Å². The van der Waals surface area contributed by atoms with Crippen LogP contribution in [0.1, 0.15) is 50.3 Å². The molecule has 6 heteroatoms. The van der Waals surface area contributed by atoms with Gasteiger partial charge in [0.15, 0.2) is 0 Å². The minimum atomic E-state index is -0.557. The summed E-state index contributed by atoms with van der Waals surface area (Å²) >= 11 is 0. The number of carbonyl (C=O) groups is 2. The molecule has 130 valence electrons. The third kappa shape index (κ3) is 7.01. The van der Waals surface area contributed by atoms with Crippen LogP contribution in [0.5, 0.6) is 0 Å². The Morgan fingerprint density at radius 1 is 1.26 bits per heavy atom. The average molecular weight is 343 g/mol. The van der Waals surface area contributed by atoms with Crippen LogP contribution < -0.4 is 11.1 Å². The highest BCUT2D eigenvalue weighted by Gasteiger charge is 2.23. The largest absolute Gasteiger partial charge is 0.466 e. The highest BCUT2D eigenvalue weighted by Crippen LogP contribution is 2.21. The van der Waals surface area contributed by atoms with Gasteiger partial charge in [-0.15, -0.1) is 12.4 Å². The molecule has 0 bridgehead atoms. The van der Waals surface area contributed by atoms with Gasteiger partial charge in [0.25, 0.3) is 0 Å². The van der Waals surface area contributed by atoms with Gasteiger partial charge >= 0.3 is 5.97 Å². The van der Waals surface area contributed by atoms with Crippen LogP contribution in [0.25, 0.3) is 0 Å². The van der Waals surface area contributed by atoms with Gasteiger partial charge in [0.1, 0.15) is 0 Å². The standard InChI is InChI=1S/C17H26N2O3.ClH/c1-4-8-14(18)17(21)19-15(11-16(20)22-5-2)13-10-7-6-9-12(13)3;/h6-7,9-10,14-15H,4-5,8,11,18H2,1-3H3,(H,19,21);1H. The van der Waals surface area contributed by atoms with Gasteiger partial charge in [0.2, 0.25) is 5.91 Å². The number of rotatable bonds is 8. The summed E-state index contributed by atoms with van der Waals surface area (Å²) in [5.74, 6) is -0.570. The molecule has 0 heterocycles. The van der Waals surface area contributed by atoms with Crippen LogP contribution in [0, 0.1) is 6.92 Å². The summed E-state index contributed by atoms with van der Waals surface area (Å²) in [7, 11) is 0. The van der Waals surface area contributed by atoms with Crippen molar-refractivity contribution in [2.45, 2.75) is 52.1 Å². The third-order valence-electron chi connectivity index (χ3n) is 3.49. The Morgan fingerprint density at radius 3 is 2.48 bits per heavy atom. The average Bonchev–Trinajstić information content (AvgIpc) is 2.47. The molecule has 3 N–H and O–H groups in total. The number of hydrogen-bond acceptors (Lipinski definition) is 4. The normalized spacial score (nSPS) is 12.7. The molecule has 0 aliphatic heterocycles. The Labute approximate surface area is 144 Å². The number of esters is 1. The fourth-order valence-electron chi connectivity index (χ4n) is 2.32. The maximum absolute atomic E-state index is 12.2. The van der Waals surface area contributed by atoms with Gasteiger partial charge in [-0.05, 0) is 31.4 Å². The van der Waals surface area contributed by atoms with E-state index in [0.717, 1.165) is 17.5 Å². The molecule has 0 aliphatic rings. The summed E-state index contributed by atoms with van der Waals surface area (Å²) in [6.45, 7) is 6.01. The lowest BCUT2D eigenvalue weighted by atomic mass is 9.98. The number of benzene rings is 1. The van der Waals surface area contributed by atoms with E-state index in [2.05, 4.69) is 5.32 Å². The van der Waals surface area contributed by atoms with Gasteiger partial charge in [-0.2, -0.15) is 0 Å². The van der Waals surface area contributed by atoms with E-state index in [1.807, 2.05) is 38.1 Å². The molecular weight excluding hydrogens is 316 g/mol. The Hall–Kier alpha value is -1.59. The molecule has 1 rings (SSSR count). The molecule has 0 aromatic heterocycles.